The Labute approximate surface area is 109 Å². The molecular formula is C18H20. The van der Waals surface area contributed by atoms with Gasteiger partial charge >= 0.3 is 0 Å². The van der Waals surface area contributed by atoms with Gasteiger partial charge in [-0.05, 0) is 41.6 Å². The molecule has 18 heavy (non-hydrogen) atoms. The third-order valence-electron chi connectivity index (χ3n) is 5.64. The predicted molar refractivity (Wildman–Crippen MR) is 75.2 cm³/mol. The van der Waals surface area contributed by atoms with E-state index in [-0.39, 0.29) is 0 Å². The molecule has 0 N–H and O–H groups in total. The molecule has 0 heterocycles. The van der Waals surface area contributed by atoms with Gasteiger partial charge in [-0.2, -0.15) is 0 Å². The molecule has 2 unspecified atom stereocenters. The minimum Gasteiger partial charge on any atom is -0.0989 e. The lowest BCUT2D eigenvalue weighted by atomic mass is 9.80. The number of hydrogen-bond donors (Lipinski definition) is 0. The topological polar surface area (TPSA) is 0 Å². The SMILES string of the molecule is C=C1C2C([C@@H]3C=C[C@H]2C3)[C@@H](C)[C@@H]1c1ccccc1. The molecule has 0 heteroatoms. The van der Waals surface area contributed by atoms with Crippen LogP contribution in [0.25, 0.3) is 0 Å². The first-order chi connectivity index (χ1) is 8.77. The van der Waals surface area contributed by atoms with Crippen molar-refractivity contribution >= 4 is 0 Å². The Morgan fingerprint density at radius 1 is 1.06 bits per heavy atom. The molecule has 92 valence electrons. The largest absolute Gasteiger partial charge is 0.0989 e. The van der Waals surface area contributed by atoms with Gasteiger partial charge in [-0.25, -0.2) is 0 Å². The van der Waals surface area contributed by atoms with Gasteiger partial charge in [0.2, 0.25) is 0 Å². The summed E-state index contributed by atoms with van der Waals surface area (Å²) in [5, 5.41) is 0. The van der Waals surface area contributed by atoms with E-state index in [1.807, 2.05) is 0 Å². The highest BCUT2D eigenvalue weighted by Crippen LogP contribution is 2.63. The highest BCUT2D eigenvalue weighted by Gasteiger charge is 2.55. The molecule has 0 aromatic heterocycles. The normalized spacial score (nSPS) is 44.6. The van der Waals surface area contributed by atoms with Crippen LogP contribution < -0.4 is 0 Å². The van der Waals surface area contributed by atoms with E-state index in [9.17, 15) is 0 Å². The van der Waals surface area contributed by atoms with Crippen LogP contribution in [0.1, 0.15) is 24.8 Å². The van der Waals surface area contributed by atoms with Gasteiger partial charge in [0.15, 0.2) is 0 Å². The molecule has 1 aromatic rings. The Balaban J connectivity index is 1.75. The van der Waals surface area contributed by atoms with Crippen molar-refractivity contribution in [1.29, 1.82) is 0 Å². The van der Waals surface area contributed by atoms with E-state index in [1.54, 1.807) is 0 Å². The second-order valence-electron chi connectivity index (χ2n) is 6.37. The predicted octanol–water partition coefficient (Wildman–Crippen LogP) is 4.41. The summed E-state index contributed by atoms with van der Waals surface area (Å²) in [5.41, 5.74) is 2.99. The Morgan fingerprint density at radius 2 is 1.78 bits per heavy atom. The molecule has 6 atom stereocenters. The van der Waals surface area contributed by atoms with Crippen LogP contribution >= 0.6 is 0 Å². The summed E-state index contributed by atoms with van der Waals surface area (Å²) in [6.07, 6.45) is 6.32. The van der Waals surface area contributed by atoms with Gasteiger partial charge in [-0.15, -0.1) is 0 Å². The molecule has 0 nitrogen and oxygen atoms in total. The van der Waals surface area contributed by atoms with Crippen molar-refractivity contribution in [2.45, 2.75) is 19.3 Å². The lowest BCUT2D eigenvalue weighted by Gasteiger charge is -2.24. The van der Waals surface area contributed by atoms with Gasteiger partial charge in [0.25, 0.3) is 0 Å². The highest BCUT2D eigenvalue weighted by molar-refractivity contribution is 5.38. The van der Waals surface area contributed by atoms with Gasteiger partial charge in [0, 0.05) is 5.92 Å². The molecule has 3 aliphatic carbocycles. The van der Waals surface area contributed by atoms with Crippen LogP contribution in [0, 0.1) is 29.6 Å². The van der Waals surface area contributed by atoms with Crippen LogP contribution in [-0.2, 0) is 0 Å². The number of benzene rings is 1. The molecular weight excluding hydrogens is 216 g/mol. The monoisotopic (exact) mass is 236 g/mol. The van der Waals surface area contributed by atoms with Crippen LogP contribution in [0.15, 0.2) is 54.6 Å². The van der Waals surface area contributed by atoms with Crippen LogP contribution in [0.3, 0.4) is 0 Å². The summed E-state index contributed by atoms with van der Waals surface area (Å²) in [6.45, 7) is 6.94. The van der Waals surface area contributed by atoms with Crippen LogP contribution in [0.2, 0.25) is 0 Å². The molecule has 4 rings (SSSR count). The smallest absolute Gasteiger partial charge is 0.00772 e. The van der Waals surface area contributed by atoms with Gasteiger partial charge in [0.1, 0.15) is 0 Å². The second-order valence-corrected chi connectivity index (χ2v) is 6.37. The maximum Gasteiger partial charge on any atom is 0.00772 e. The minimum atomic E-state index is 0.589. The molecule has 2 saturated carbocycles. The number of allylic oxidation sites excluding steroid dienone is 3. The summed E-state index contributed by atoms with van der Waals surface area (Å²) < 4.78 is 0. The summed E-state index contributed by atoms with van der Waals surface area (Å²) in [6, 6.07) is 11.0. The maximum absolute atomic E-state index is 4.49. The zero-order valence-corrected chi connectivity index (χ0v) is 10.9. The maximum atomic E-state index is 4.49. The number of rotatable bonds is 1. The Morgan fingerprint density at radius 3 is 2.50 bits per heavy atom. The second kappa shape index (κ2) is 3.60. The van der Waals surface area contributed by atoms with E-state index in [4.69, 9.17) is 0 Å². The number of hydrogen-bond acceptors (Lipinski definition) is 0. The molecule has 2 fully saturated rings. The summed E-state index contributed by atoms with van der Waals surface area (Å²) in [5.74, 6) is 4.60. The molecule has 1 aromatic carbocycles. The summed E-state index contributed by atoms with van der Waals surface area (Å²) in [4.78, 5) is 0. The fraction of sp³-hybridized carbons (Fsp3) is 0.444. The quantitative estimate of drug-likeness (QED) is 0.633. The third kappa shape index (κ3) is 1.21. The van der Waals surface area contributed by atoms with Crippen molar-refractivity contribution < 1.29 is 0 Å². The van der Waals surface area contributed by atoms with E-state index in [2.05, 4.69) is 56.0 Å². The molecule has 0 saturated heterocycles. The van der Waals surface area contributed by atoms with Gasteiger partial charge < -0.3 is 0 Å². The average molecular weight is 236 g/mol. The fourth-order valence-corrected chi connectivity index (χ4v) is 5.04. The third-order valence-corrected chi connectivity index (χ3v) is 5.64. The highest BCUT2D eigenvalue weighted by atomic mass is 14.6. The fourth-order valence-electron chi connectivity index (χ4n) is 5.04. The van der Waals surface area contributed by atoms with Crippen molar-refractivity contribution in [2.24, 2.45) is 29.6 Å². The van der Waals surface area contributed by atoms with Crippen molar-refractivity contribution in [1.82, 2.24) is 0 Å². The van der Waals surface area contributed by atoms with Crippen LogP contribution in [0.5, 0.6) is 0 Å². The first-order valence-corrected chi connectivity index (χ1v) is 7.19. The molecule has 0 spiro atoms. The summed E-state index contributed by atoms with van der Waals surface area (Å²) >= 11 is 0. The lowest BCUT2D eigenvalue weighted by molar-refractivity contribution is 0.303. The Kier molecular flexibility index (Phi) is 2.12. The summed E-state index contributed by atoms with van der Waals surface area (Å²) in [7, 11) is 0. The zero-order valence-electron chi connectivity index (χ0n) is 10.9. The Hall–Kier alpha value is -1.30. The van der Waals surface area contributed by atoms with E-state index in [1.165, 1.54) is 17.6 Å². The van der Waals surface area contributed by atoms with E-state index in [0.29, 0.717) is 5.92 Å². The standard InChI is InChI=1S/C18H20/c1-11-16(13-6-4-3-5-7-13)12(2)18-15-9-8-14(10-15)17(11)18/h3-9,12,14-18H,1,10H2,2H3/t12-,14-,15+,16+,17?,18?/m0/s1. The first kappa shape index (κ1) is 10.6. The zero-order chi connectivity index (χ0) is 12.3. The molecule has 2 bridgehead atoms. The number of fused-ring (bicyclic) bond motifs is 5. The van der Waals surface area contributed by atoms with Crippen molar-refractivity contribution in [3.63, 3.8) is 0 Å². The lowest BCUT2D eigenvalue weighted by Crippen LogP contribution is -2.18. The molecule has 0 radical (unpaired) electrons. The van der Waals surface area contributed by atoms with Crippen molar-refractivity contribution in [3.8, 4) is 0 Å². The first-order valence-electron chi connectivity index (χ1n) is 7.19. The molecule has 0 aliphatic heterocycles. The molecule has 3 aliphatic rings. The van der Waals surface area contributed by atoms with Gasteiger partial charge in [-0.1, -0.05) is 61.6 Å². The Bertz CT molecular complexity index is 510. The molecule has 0 amide bonds. The van der Waals surface area contributed by atoms with Crippen molar-refractivity contribution in [2.75, 3.05) is 0 Å². The van der Waals surface area contributed by atoms with Gasteiger partial charge in [-0.3, -0.25) is 0 Å². The van der Waals surface area contributed by atoms with Crippen LogP contribution in [0.4, 0.5) is 0 Å². The van der Waals surface area contributed by atoms with E-state index < -0.39 is 0 Å². The van der Waals surface area contributed by atoms with E-state index >= 15 is 0 Å². The van der Waals surface area contributed by atoms with E-state index in [0.717, 1.165) is 29.6 Å². The minimum absolute atomic E-state index is 0.589. The van der Waals surface area contributed by atoms with Crippen molar-refractivity contribution in [3.05, 3.63) is 60.2 Å². The average Bonchev–Trinajstić information content (AvgIpc) is 3.05. The van der Waals surface area contributed by atoms with Gasteiger partial charge in [0.05, 0.1) is 0 Å². The van der Waals surface area contributed by atoms with Crippen LogP contribution in [-0.4, -0.2) is 0 Å².